The monoisotopic (exact) mass is 1450 g/mol. The highest BCUT2D eigenvalue weighted by Crippen LogP contribution is 2.40. The molecule has 1 heterocycles. The molecular weight excluding hydrogens is 1300 g/mol. The zero-order valence-electron chi connectivity index (χ0n) is 63.3. The minimum absolute atomic E-state index is 0.896. The molecule has 0 unspecified atom stereocenters. The average Bonchev–Trinajstić information content (AvgIpc) is 0.779. The van der Waals surface area contributed by atoms with Crippen molar-refractivity contribution >= 4 is 69.5 Å². The summed E-state index contributed by atoms with van der Waals surface area (Å²) in [4.78, 5) is 0. The van der Waals surface area contributed by atoms with Crippen LogP contribution in [0.1, 0.15) is 283 Å². The predicted molar refractivity (Wildman–Crippen MR) is 400 cm³/mol. The smallest absolute Gasteiger partial charge is 0.416 e. The molecule has 1 fully saturated rings. The minimum Gasteiger partial charge on any atom is -0.416 e. The van der Waals surface area contributed by atoms with Crippen LogP contribution in [0.25, 0.3) is 0 Å². The molecule has 1 aliphatic rings. The first kappa shape index (κ1) is 91.1. The van der Waals surface area contributed by atoms with Crippen LogP contribution in [-0.2, 0) is 69.6 Å². The van der Waals surface area contributed by atoms with Gasteiger partial charge in [0.15, 0.2) is 0 Å². The molecule has 0 N–H and O–H groups in total. The molecule has 1 rings (SSSR count). The summed E-state index contributed by atoms with van der Waals surface area (Å²) < 4.78 is 98.6. The third kappa shape index (κ3) is 41.7. The molecule has 1 saturated heterocycles. The Kier molecular flexibility index (Phi) is 55.2. The third-order valence-corrected chi connectivity index (χ3v) is 50.1. The van der Waals surface area contributed by atoms with Gasteiger partial charge in [-0.15, -0.1) is 0 Å². The number of rotatable bonds is 68. The highest BCUT2D eigenvalue weighted by atomic mass is 28.5. The van der Waals surface area contributed by atoms with E-state index in [0.717, 1.165) is 99.7 Å². The van der Waals surface area contributed by atoms with Gasteiger partial charge >= 0.3 is 69.5 Å². The minimum atomic E-state index is -2.66. The van der Waals surface area contributed by atoms with E-state index in [1.165, 1.54) is 231 Å². The summed E-state index contributed by atoms with van der Waals surface area (Å²) in [5.74, 6) is 0. The second-order valence-corrected chi connectivity index (χ2v) is 54.4. The zero-order chi connectivity index (χ0) is 68.1. The van der Waals surface area contributed by atoms with Gasteiger partial charge in [0.2, 0.25) is 0 Å². The van der Waals surface area contributed by atoms with Crippen molar-refractivity contribution in [3.63, 3.8) is 0 Å². The first-order valence-corrected chi connectivity index (χ1v) is 55.6. The molecule has 0 saturated carbocycles. The summed E-state index contributed by atoms with van der Waals surface area (Å²) in [7, 11) is 0.101. The quantitative estimate of drug-likeness (QED) is 0.0420. The van der Waals surface area contributed by atoms with E-state index in [1.54, 1.807) is 85.3 Å². The van der Waals surface area contributed by atoms with E-state index in [4.69, 9.17) is 69.6 Å². The molecular formula is C68H152O16Si8. The summed E-state index contributed by atoms with van der Waals surface area (Å²) in [6.45, 7) is 9.68. The van der Waals surface area contributed by atoms with Crippen molar-refractivity contribution in [1.29, 1.82) is 0 Å². The number of unbranched alkanes of at least 4 members (excludes halogenated alkanes) is 40. The Morgan fingerprint density at radius 3 is 0.370 bits per heavy atom. The Morgan fingerprint density at radius 1 is 0.163 bits per heavy atom. The van der Waals surface area contributed by atoms with Gasteiger partial charge in [-0.2, -0.15) is 0 Å². The third-order valence-electron chi connectivity index (χ3n) is 19.9. The molecule has 1 aliphatic heterocycles. The SMILES string of the molecule is CO[Si](CCCCCCCCCCCCC[Si]1(C)O[Si](C)(CCCCCCCCCCCCC[Si](OC)(OC)OC)O[Si](C)(CCCCCCCCCCCCC[Si](OC)(OC)OC)O[Si](C)(CCCCCCCCCCCCC[Si](OC)(OC)OC)O1)(OC)OC. The van der Waals surface area contributed by atoms with Gasteiger partial charge in [-0.25, -0.2) is 0 Å². The van der Waals surface area contributed by atoms with E-state index < -0.39 is 69.5 Å². The number of hydrogen-bond donors (Lipinski definition) is 0. The fourth-order valence-electron chi connectivity index (χ4n) is 14.1. The van der Waals surface area contributed by atoms with Crippen molar-refractivity contribution < 1.29 is 69.6 Å². The topological polar surface area (TPSA) is 148 Å². The molecule has 24 heteroatoms. The second kappa shape index (κ2) is 55.7. The molecule has 0 atom stereocenters. The van der Waals surface area contributed by atoms with Crippen LogP contribution >= 0.6 is 0 Å². The van der Waals surface area contributed by atoms with E-state index >= 15 is 0 Å². The Bertz CT molecular complexity index is 1380. The first-order chi connectivity index (χ1) is 44.4. The summed E-state index contributed by atoms with van der Waals surface area (Å²) in [6.07, 6.45) is 55.5. The summed E-state index contributed by atoms with van der Waals surface area (Å²) in [5, 5.41) is 0. The van der Waals surface area contributed by atoms with Crippen molar-refractivity contribution in [1.82, 2.24) is 0 Å². The van der Waals surface area contributed by atoms with Crippen molar-refractivity contribution in [2.24, 2.45) is 0 Å². The molecule has 0 amide bonds. The fraction of sp³-hybridized carbons (Fsp3) is 1.00. The van der Waals surface area contributed by atoms with Gasteiger partial charge < -0.3 is 69.6 Å². The van der Waals surface area contributed by atoms with Gasteiger partial charge in [-0.3, -0.25) is 0 Å². The van der Waals surface area contributed by atoms with Crippen molar-refractivity contribution in [3.05, 3.63) is 0 Å². The van der Waals surface area contributed by atoms with Gasteiger partial charge in [0, 0.05) is 109 Å². The van der Waals surface area contributed by atoms with Gasteiger partial charge in [0.05, 0.1) is 0 Å². The van der Waals surface area contributed by atoms with Gasteiger partial charge in [-0.05, 0) is 76.0 Å². The van der Waals surface area contributed by atoms with Gasteiger partial charge in [-0.1, -0.05) is 257 Å². The molecule has 0 aromatic rings. The highest BCUT2D eigenvalue weighted by molar-refractivity contribution is 6.94. The van der Waals surface area contributed by atoms with E-state index in [1.807, 2.05) is 0 Å². The molecule has 0 radical (unpaired) electrons. The lowest BCUT2D eigenvalue weighted by Crippen LogP contribution is -2.67. The molecule has 16 nitrogen and oxygen atoms in total. The highest BCUT2D eigenvalue weighted by Gasteiger charge is 2.56. The lowest BCUT2D eigenvalue weighted by molar-refractivity contribution is 0.122. The van der Waals surface area contributed by atoms with Crippen molar-refractivity contribution in [3.8, 4) is 0 Å². The molecule has 0 aromatic carbocycles. The van der Waals surface area contributed by atoms with Crippen molar-refractivity contribution in [2.45, 2.75) is 357 Å². The molecule has 0 spiro atoms. The van der Waals surface area contributed by atoms with Crippen LogP contribution in [0.2, 0.25) is 74.5 Å². The Labute approximate surface area is 578 Å². The Morgan fingerprint density at radius 2 is 0.261 bits per heavy atom. The van der Waals surface area contributed by atoms with Crippen LogP contribution in [0.4, 0.5) is 0 Å². The lowest BCUT2D eigenvalue weighted by atomic mass is 10.1. The summed E-state index contributed by atoms with van der Waals surface area (Å²) in [6, 6.07) is 7.72. The molecule has 0 aliphatic carbocycles. The largest absolute Gasteiger partial charge is 0.500 e. The molecule has 92 heavy (non-hydrogen) atoms. The van der Waals surface area contributed by atoms with Gasteiger partial charge in [0.1, 0.15) is 0 Å². The van der Waals surface area contributed by atoms with E-state index in [-0.39, 0.29) is 0 Å². The van der Waals surface area contributed by atoms with Crippen LogP contribution in [0.15, 0.2) is 0 Å². The molecule has 552 valence electrons. The maximum atomic E-state index is 7.77. The van der Waals surface area contributed by atoms with Crippen LogP contribution in [0.5, 0.6) is 0 Å². The summed E-state index contributed by atoms with van der Waals surface area (Å²) in [5.41, 5.74) is 0. The van der Waals surface area contributed by atoms with Crippen LogP contribution in [0, 0.1) is 0 Å². The molecule has 0 bridgehead atoms. The zero-order valence-corrected chi connectivity index (χ0v) is 71.3. The average molecular weight is 1450 g/mol. The van der Waals surface area contributed by atoms with Gasteiger partial charge in [0.25, 0.3) is 0 Å². The first-order valence-electron chi connectivity index (χ1n) is 37.8. The predicted octanol–water partition coefficient (Wildman–Crippen LogP) is 21.0. The Balaban J connectivity index is 3.02. The van der Waals surface area contributed by atoms with E-state index in [9.17, 15) is 0 Å². The van der Waals surface area contributed by atoms with Crippen LogP contribution in [-0.4, -0.2) is 155 Å². The van der Waals surface area contributed by atoms with E-state index in [0.29, 0.717) is 0 Å². The van der Waals surface area contributed by atoms with Crippen molar-refractivity contribution in [2.75, 3.05) is 85.3 Å². The maximum absolute atomic E-state index is 7.77. The standard InChI is InChI=1S/C68H152O16Si8/c1-69-89(70-2,71-3)65-57-49-41-33-25-17-21-29-37-45-53-61-85(13)81-86(14,62-54-46-38-30-22-18-26-34-42-50-58-66-90(72-4,73-5)74-6)83-88(16,64-56-48-40-32-24-20-28-36-44-52-60-68-92(78-10,79-11)80-12)84-87(15,82-85)63-55-47-39-31-23-19-27-35-43-51-59-67-91(75-7,76-8)77-9/h17-68H2,1-16H3. The Hall–Kier alpha value is 1.10. The second-order valence-electron chi connectivity index (χ2n) is 27.7. The maximum Gasteiger partial charge on any atom is 0.500 e. The normalized spacial score (nSPS) is 20.3. The fourth-order valence-corrected chi connectivity index (χ4v) is 44.9. The lowest BCUT2D eigenvalue weighted by Gasteiger charge is -2.50. The molecule has 0 aromatic heterocycles. The number of hydrogen-bond acceptors (Lipinski definition) is 16. The summed E-state index contributed by atoms with van der Waals surface area (Å²) >= 11 is 0. The van der Waals surface area contributed by atoms with Crippen LogP contribution < -0.4 is 0 Å². The van der Waals surface area contributed by atoms with E-state index in [2.05, 4.69) is 26.2 Å². The van der Waals surface area contributed by atoms with Crippen LogP contribution in [0.3, 0.4) is 0 Å².